The molecule has 1 aliphatic rings. The number of fused-ring (bicyclic) bond motifs is 1. The quantitative estimate of drug-likeness (QED) is 0.692. The van der Waals surface area contributed by atoms with Gasteiger partial charge in [-0.05, 0) is 30.3 Å². The number of benzene rings is 2. The number of hydrogen-bond acceptors (Lipinski definition) is 4. The molecule has 0 unspecified atom stereocenters. The fourth-order valence-corrected chi connectivity index (χ4v) is 3.15. The molecule has 0 atom stereocenters. The number of nitrogens with one attached hydrogen (secondary N) is 2. The summed E-state index contributed by atoms with van der Waals surface area (Å²) in [4.78, 5) is 35.7. The molecule has 0 bridgehead atoms. The van der Waals surface area contributed by atoms with Crippen molar-refractivity contribution in [2.45, 2.75) is 0 Å². The van der Waals surface area contributed by atoms with Crippen molar-refractivity contribution in [3.05, 3.63) is 54.9 Å². The summed E-state index contributed by atoms with van der Waals surface area (Å²) >= 11 is 0. The van der Waals surface area contributed by atoms with Gasteiger partial charge in [0.1, 0.15) is 0 Å². The molecule has 1 saturated heterocycles. The van der Waals surface area contributed by atoms with Gasteiger partial charge in [0.2, 0.25) is 0 Å². The Morgan fingerprint density at radius 1 is 1.00 bits per heavy atom. The molecule has 0 radical (unpaired) electrons. The lowest BCUT2D eigenvalue weighted by Gasteiger charge is -2.35. The Bertz CT molecular complexity index is 929. The average Bonchev–Trinajstić information content (AvgIpc) is 3.16. The van der Waals surface area contributed by atoms with Crippen LogP contribution < -0.4 is 10.2 Å². The highest BCUT2D eigenvalue weighted by atomic mass is 16.2. The molecule has 0 aliphatic carbocycles. The Hall–Kier alpha value is -3.35. The minimum Gasteiger partial charge on any atom is -0.368 e. The van der Waals surface area contributed by atoms with Crippen molar-refractivity contribution >= 4 is 34.2 Å². The van der Waals surface area contributed by atoms with Crippen molar-refractivity contribution in [1.82, 2.24) is 14.9 Å². The van der Waals surface area contributed by atoms with Crippen LogP contribution in [-0.4, -0.2) is 52.9 Å². The first-order valence-electron chi connectivity index (χ1n) is 8.54. The number of carbonyl (C=O) groups excluding carboxylic acids is 2. The maximum atomic E-state index is 12.4. The average molecular weight is 349 g/mol. The summed E-state index contributed by atoms with van der Waals surface area (Å²) in [7, 11) is 0. The first-order valence-corrected chi connectivity index (χ1v) is 8.54. The standard InChI is InChI=1S/C19H19N5O2/c25-18(22-14-6-7-16-17(12-14)21-13-20-16)19(26)24-10-8-23(9-11-24)15-4-2-1-3-5-15/h1-7,12-13H,8-11H2,(H,20,21)(H,22,25). The van der Waals surface area contributed by atoms with Gasteiger partial charge in [-0.1, -0.05) is 18.2 Å². The van der Waals surface area contributed by atoms with Crippen molar-refractivity contribution in [2.24, 2.45) is 0 Å². The Kier molecular flexibility index (Phi) is 4.27. The van der Waals surface area contributed by atoms with Crippen LogP contribution in [0.3, 0.4) is 0 Å². The van der Waals surface area contributed by atoms with Gasteiger partial charge < -0.3 is 20.1 Å². The number of carbonyl (C=O) groups is 2. The summed E-state index contributed by atoms with van der Waals surface area (Å²) in [6.45, 7) is 2.48. The fourth-order valence-electron chi connectivity index (χ4n) is 3.15. The Morgan fingerprint density at radius 2 is 1.77 bits per heavy atom. The second-order valence-electron chi connectivity index (χ2n) is 6.20. The number of anilines is 2. The smallest absolute Gasteiger partial charge is 0.313 e. The van der Waals surface area contributed by atoms with E-state index in [0.29, 0.717) is 31.9 Å². The fraction of sp³-hybridized carbons (Fsp3) is 0.211. The molecule has 7 heteroatoms. The molecule has 4 rings (SSSR count). The second kappa shape index (κ2) is 6.87. The van der Waals surface area contributed by atoms with E-state index < -0.39 is 11.8 Å². The molecule has 1 fully saturated rings. The van der Waals surface area contributed by atoms with E-state index in [2.05, 4.69) is 32.3 Å². The van der Waals surface area contributed by atoms with Gasteiger partial charge in [0, 0.05) is 37.6 Å². The van der Waals surface area contributed by atoms with Crippen LogP contribution in [0.5, 0.6) is 0 Å². The third kappa shape index (κ3) is 3.23. The van der Waals surface area contributed by atoms with Gasteiger partial charge in [-0.15, -0.1) is 0 Å². The highest BCUT2D eigenvalue weighted by Gasteiger charge is 2.26. The Morgan fingerprint density at radius 3 is 2.54 bits per heavy atom. The summed E-state index contributed by atoms with van der Waals surface area (Å²) in [6, 6.07) is 15.4. The molecule has 132 valence electrons. The number of rotatable bonds is 2. The van der Waals surface area contributed by atoms with E-state index in [4.69, 9.17) is 0 Å². The lowest BCUT2D eigenvalue weighted by atomic mass is 10.2. The summed E-state index contributed by atoms with van der Waals surface area (Å²) in [5.74, 6) is -1.11. The summed E-state index contributed by atoms with van der Waals surface area (Å²) in [5, 5.41) is 2.67. The zero-order valence-corrected chi connectivity index (χ0v) is 14.2. The van der Waals surface area contributed by atoms with Crippen molar-refractivity contribution in [2.75, 3.05) is 36.4 Å². The number of aromatic amines is 1. The van der Waals surface area contributed by atoms with E-state index >= 15 is 0 Å². The highest BCUT2D eigenvalue weighted by Crippen LogP contribution is 2.17. The zero-order chi connectivity index (χ0) is 17.9. The van der Waals surface area contributed by atoms with Crippen molar-refractivity contribution in [1.29, 1.82) is 0 Å². The topological polar surface area (TPSA) is 81.3 Å². The number of hydrogen-bond donors (Lipinski definition) is 2. The third-order valence-electron chi connectivity index (χ3n) is 4.56. The van der Waals surface area contributed by atoms with Crippen LogP contribution in [0.15, 0.2) is 54.9 Å². The summed E-state index contributed by atoms with van der Waals surface area (Å²) in [5.41, 5.74) is 3.33. The van der Waals surface area contributed by atoms with Crippen LogP contribution in [0.4, 0.5) is 11.4 Å². The largest absolute Gasteiger partial charge is 0.368 e. The summed E-state index contributed by atoms with van der Waals surface area (Å²) in [6.07, 6.45) is 1.59. The van der Waals surface area contributed by atoms with Crippen molar-refractivity contribution in [3.63, 3.8) is 0 Å². The summed E-state index contributed by atoms with van der Waals surface area (Å²) < 4.78 is 0. The first kappa shape index (κ1) is 16.1. The van der Waals surface area contributed by atoms with Gasteiger partial charge in [-0.2, -0.15) is 0 Å². The molecule has 0 spiro atoms. The maximum absolute atomic E-state index is 12.4. The molecule has 2 heterocycles. The van der Waals surface area contributed by atoms with Gasteiger partial charge in [0.15, 0.2) is 0 Å². The molecule has 1 aromatic heterocycles. The Labute approximate surface area is 150 Å². The van der Waals surface area contributed by atoms with E-state index in [1.807, 2.05) is 18.2 Å². The van der Waals surface area contributed by atoms with Crippen molar-refractivity contribution in [3.8, 4) is 0 Å². The monoisotopic (exact) mass is 349 g/mol. The minimum absolute atomic E-state index is 0.498. The SMILES string of the molecule is O=C(Nc1ccc2nc[nH]c2c1)C(=O)N1CCN(c2ccccc2)CC1. The van der Waals surface area contributed by atoms with Gasteiger partial charge in [0.25, 0.3) is 0 Å². The molecular weight excluding hydrogens is 330 g/mol. The molecule has 3 aromatic rings. The number of para-hydroxylation sites is 1. The second-order valence-corrected chi connectivity index (χ2v) is 6.20. The number of nitrogens with zero attached hydrogens (tertiary/aromatic N) is 3. The molecule has 2 N–H and O–H groups in total. The number of aromatic nitrogens is 2. The van der Waals surface area contributed by atoms with Crippen LogP contribution in [0.2, 0.25) is 0 Å². The van der Waals surface area contributed by atoms with Crippen LogP contribution in [0, 0.1) is 0 Å². The lowest BCUT2D eigenvalue weighted by molar-refractivity contribution is -0.143. The van der Waals surface area contributed by atoms with E-state index in [9.17, 15) is 9.59 Å². The highest BCUT2D eigenvalue weighted by molar-refractivity contribution is 6.39. The first-order chi connectivity index (χ1) is 12.7. The van der Waals surface area contributed by atoms with Crippen LogP contribution in [-0.2, 0) is 9.59 Å². The van der Waals surface area contributed by atoms with Crippen LogP contribution in [0.1, 0.15) is 0 Å². The van der Waals surface area contributed by atoms with E-state index in [0.717, 1.165) is 16.7 Å². The van der Waals surface area contributed by atoms with Crippen LogP contribution in [0.25, 0.3) is 11.0 Å². The molecule has 1 aliphatic heterocycles. The predicted molar refractivity (Wildman–Crippen MR) is 100.0 cm³/mol. The number of imidazole rings is 1. The Balaban J connectivity index is 1.36. The molecule has 26 heavy (non-hydrogen) atoms. The molecular formula is C19H19N5O2. The zero-order valence-electron chi connectivity index (χ0n) is 14.2. The van der Waals surface area contributed by atoms with Gasteiger partial charge in [-0.3, -0.25) is 9.59 Å². The maximum Gasteiger partial charge on any atom is 0.313 e. The predicted octanol–water partition coefficient (Wildman–Crippen LogP) is 1.85. The van der Waals surface area contributed by atoms with Gasteiger partial charge in [0.05, 0.1) is 17.4 Å². The van der Waals surface area contributed by atoms with Crippen molar-refractivity contribution < 1.29 is 9.59 Å². The van der Waals surface area contributed by atoms with E-state index in [-0.39, 0.29) is 0 Å². The molecule has 2 aromatic carbocycles. The molecule has 0 saturated carbocycles. The van der Waals surface area contributed by atoms with Gasteiger partial charge >= 0.3 is 11.8 Å². The number of H-pyrrole nitrogens is 1. The third-order valence-corrected chi connectivity index (χ3v) is 4.56. The number of amides is 2. The molecule has 2 amide bonds. The number of piperazine rings is 1. The molecule has 7 nitrogen and oxygen atoms in total. The van der Waals surface area contributed by atoms with Crippen LogP contribution >= 0.6 is 0 Å². The van der Waals surface area contributed by atoms with Gasteiger partial charge in [-0.25, -0.2) is 4.98 Å². The normalized spacial score (nSPS) is 14.5. The minimum atomic E-state index is -0.614. The lowest BCUT2D eigenvalue weighted by Crippen LogP contribution is -2.51. The van der Waals surface area contributed by atoms with E-state index in [1.54, 1.807) is 29.4 Å². The van der Waals surface area contributed by atoms with E-state index in [1.165, 1.54) is 0 Å².